The van der Waals surface area contributed by atoms with Crippen molar-refractivity contribution in [2.45, 2.75) is 33.3 Å². The number of nitrogens with one attached hydrogen (secondary N) is 2. The van der Waals surface area contributed by atoms with Crippen LogP contribution in [0.5, 0.6) is 5.75 Å². The average Bonchev–Trinajstić information content (AvgIpc) is 2.62. The molecule has 0 radical (unpaired) electrons. The lowest BCUT2D eigenvalue weighted by Gasteiger charge is -2.10. The average molecular weight is 375 g/mol. The summed E-state index contributed by atoms with van der Waals surface area (Å²) < 4.78 is 5.76. The summed E-state index contributed by atoms with van der Waals surface area (Å²) in [6, 6.07) is 15.3. The number of anilines is 1. The van der Waals surface area contributed by atoms with Crippen LogP contribution in [0, 0.1) is 5.92 Å². The first-order chi connectivity index (χ1) is 12.5. The van der Waals surface area contributed by atoms with Crippen molar-refractivity contribution in [1.82, 2.24) is 5.32 Å². The minimum absolute atomic E-state index is 0.0843. The van der Waals surface area contributed by atoms with E-state index in [1.54, 1.807) is 0 Å². The van der Waals surface area contributed by atoms with Gasteiger partial charge in [-0.05, 0) is 54.3 Å². The Kier molecular flexibility index (Phi) is 8.29. The van der Waals surface area contributed by atoms with E-state index in [0.717, 1.165) is 35.0 Å². The summed E-state index contributed by atoms with van der Waals surface area (Å²) in [5, 5.41) is 6.91. The third-order valence-corrected chi connectivity index (χ3v) is 4.15. The Balaban J connectivity index is 1.67. The molecular formula is C21H27ClN2O2. The number of halogens is 1. The van der Waals surface area contributed by atoms with Crippen LogP contribution >= 0.6 is 11.6 Å². The highest BCUT2D eigenvalue weighted by Gasteiger charge is 2.02. The van der Waals surface area contributed by atoms with Crippen LogP contribution in [0.25, 0.3) is 0 Å². The number of carbonyl (C=O) groups excluding carboxylic acids is 1. The van der Waals surface area contributed by atoms with Crippen LogP contribution in [0.2, 0.25) is 5.02 Å². The van der Waals surface area contributed by atoms with Gasteiger partial charge in [0.25, 0.3) is 0 Å². The van der Waals surface area contributed by atoms with E-state index in [0.29, 0.717) is 25.5 Å². The molecule has 0 atom stereocenters. The van der Waals surface area contributed by atoms with E-state index in [2.05, 4.69) is 24.5 Å². The van der Waals surface area contributed by atoms with Crippen LogP contribution < -0.4 is 15.4 Å². The summed E-state index contributed by atoms with van der Waals surface area (Å²) in [5.74, 6) is 1.49. The predicted molar refractivity (Wildman–Crippen MR) is 108 cm³/mol. The quantitative estimate of drug-likeness (QED) is 0.622. The van der Waals surface area contributed by atoms with Gasteiger partial charge in [-0.3, -0.25) is 4.79 Å². The normalized spacial score (nSPS) is 10.6. The maximum atomic E-state index is 11.7. The number of rotatable bonds is 10. The molecule has 0 bridgehead atoms. The maximum Gasteiger partial charge on any atom is 0.221 e. The molecule has 5 heteroatoms. The Morgan fingerprint density at radius 3 is 2.38 bits per heavy atom. The van der Waals surface area contributed by atoms with Gasteiger partial charge in [0.15, 0.2) is 0 Å². The van der Waals surface area contributed by atoms with Gasteiger partial charge in [0.1, 0.15) is 12.4 Å². The first-order valence-electron chi connectivity index (χ1n) is 9.01. The first-order valence-corrected chi connectivity index (χ1v) is 9.38. The molecule has 2 aromatic rings. The summed E-state index contributed by atoms with van der Waals surface area (Å²) in [6.45, 7) is 6.16. The Morgan fingerprint density at radius 1 is 1.04 bits per heavy atom. The molecule has 0 aromatic heterocycles. The second kappa shape index (κ2) is 10.7. The summed E-state index contributed by atoms with van der Waals surface area (Å²) in [7, 11) is 0. The number of carbonyl (C=O) groups is 1. The van der Waals surface area contributed by atoms with Gasteiger partial charge >= 0.3 is 0 Å². The van der Waals surface area contributed by atoms with Crippen LogP contribution in [0.3, 0.4) is 0 Å². The molecule has 4 nitrogen and oxygen atoms in total. The van der Waals surface area contributed by atoms with Gasteiger partial charge in [0.05, 0.1) is 0 Å². The SMILES string of the molecule is CC(C)CCNC(=O)CCNc1ccc(OCc2ccc(Cl)cc2)cc1. The first kappa shape index (κ1) is 20.1. The van der Waals surface area contributed by atoms with Gasteiger partial charge < -0.3 is 15.4 Å². The van der Waals surface area contributed by atoms with E-state index >= 15 is 0 Å². The summed E-state index contributed by atoms with van der Waals surface area (Å²) in [4.78, 5) is 11.7. The molecule has 140 valence electrons. The molecule has 0 heterocycles. The lowest BCUT2D eigenvalue weighted by atomic mass is 10.1. The highest BCUT2D eigenvalue weighted by molar-refractivity contribution is 6.30. The van der Waals surface area contributed by atoms with E-state index in [4.69, 9.17) is 16.3 Å². The molecule has 0 unspecified atom stereocenters. The van der Waals surface area contributed by atoms with Gasteiger partial charge in [-0.1, -0.05) is 37.6 Å². The molecule has 0 saturated heterocycles. The Hall–Kier alpha value is -2.20. The van der Waals surface area contributed by atoms with Gasteiger partial charge in [-0.15, -0.1) is 0 Å². The minimum atomic E-state index is 0.0843. The van der Waals surface area contributed by atoms with Crippen LogP contribution in [0.4, 0.5) is 5.69 Å². The number of hydrogen-bond donors (Lipinski definition) is 2. The topological polar surface area (TPSA) is 50.4 Å². The Labute approximate surface area is 160 Å². The zero-order chi connectivity index (χ0) is 18.8. The molecule has 2 rings (SSSR count). The van der Waals surface area contributed by atoms with Gasteiger partial charge in [-0.25, -0.2) is 0 Å². The highest BCUT2D eigenvalue weighted by Crippen LogP contribution is 2.18. The second-order valence-electron chi connectivity index (χ2n) is 6.65. The summed E-state index contributed by atoms with van der Waals surface area (Å²) >= 11 is 5.87. The molecule has 0 saturated carbocycles. The lowest BCUT2D eigenvalue weighted by Crippen LogP contribution is -2.27. The maximum absolute atomic E-state index is 11.7. The van der Waals surface area contributed by atoms with Gasteiger partial charge in [0, 0.05) is 30.2 Å². The predicted octanol–water partition coefficient (Wildman–Crippen LogP) is 4.88. The molecule has 2 N–H and O–H groups in total. The van der Waals surface area contributed by atoms with Crippen molar-refractivity contribution in [2.24, 2.45) is 5.92 Å². The van der Waals surface area contributed by atoms with Crippen molar-refractivity contribution in [1.29, 1.82) is 0 Å². The molecule has 0 aliphatic rings. The third-order valence-electron chi connectivity index (χ3n) is 3.90. The van der Waals surface area contributed by atoms with Crippen molar-refractivity contribution in [2.75, 3.05) is 18.4 Å². The van der Waals surface area contributed by atoms with Crippen molar-refractivity contribution in [3.05, 3.63) is 59.1 Å². The fourth-order valence-electron chi connectivity index (χ4n) is 2.33. The van der Waals surface area contributed by atoms with Crippen molar-refractivity contribution in [3.8, 4) is 5.75 Å². The Morgan fingerprint density at radius 2 is 1.73 bits per heavy atom. The van der Waals surface area contributed by atoms with Gasteiger partial charge in [-0.2, -0.15) is 0 Å². The second-order valence-corrected chi connectivity index (χ2v) is 7.09. The molecule has 0 aliphatic carbocycles. The fraction of sp³-hybridized carbons (Fsp3) is 0.381. The third kappa shape index (κ3) is 7.79. The minimum Gasteiger partial charge on any atom is -0.489 e. The van der Waals surface area contributed by atoms with Crippen LogP contribution in [0.1, 0.15) is 32.3 Å². The van der Waals surface area contributed by atoms with E-state index in [9.17, 15) is 4.79 Å². The zero-order valence-corrected chi connectivity index (χ0v) is 16.2. The molecule has 2 aromatic carbocycles. The summed E-state index contributed by atoms with van der Waals surface area (Å²) in [5.41, 5.74) is 2.04. The van der Waals surface area contributed by atoms with Crippen molar-refractivity contribution >= 4 is 23.2 Å². The van der Waals surface area contributed by atoms with Crippen molar-refractivity contribution in [3.63, 3.8) is 0 Å². The molecule has 0 aliphatic heterocycles. The number of benzene rings is 2. The van der Waals surface area contributed by atoms with E-state index < -0.39 is 0 Å². The van der Waals surface area contributed by atoms with Gasteiger partial charge in [0.2, 0.25) is 5.91 Å². The molecule has 0 fully saturated rings. The smallest absolute Gasteiger partial charge is 0.221 e. The van der Waals surface area contributed by atoms with Crippen LogP contribution in [0.15, 0.2) is 48.5 Å². The van der Waals surface area contributed by atoms with E-state index in [-0.39, 0.29) is 5.91 Å². The molecular weight excluding hydrogens is 348 g/mol. The Bertz CT molecular complexity index is 669. The number of hydrogen-bond acceptors (Lipinski definition) is 3. The van der Waals surface area contributed by atoms with E-state index in [1.165, 1.54) is 0 Å². The highest BCUT2D eigenvalue weighted by atomic mass is 35.5. The molecule has 26 heavy (non-hydrogen) atoms. The zero-order valence-electron chi connectivity index (χ0n) is 15.4. The summed E-state index contributed by atoms with van der Waals surface area (Å²) in [6.07, 6.45) is 1.48. The largest absolute Gasteiger partial charge is 0.489 e. The van der Waals surface area contributed by atoms with Crippen LogP contribution in [-0.4, -0.2) is 19.0 Å². The monoisotopic (exact) mass is 374 g/mol. The number of amides is 1. The molecule has 1 amide bonds. The van der Waals surface area contributed by atoms with Crippen molar-refractivity contribution < 1.29 is 9.53 Å². The fourth-order valence-corrected chi connectivity index (χ4v) is 2.45. The van der Waals surface area contributed by atoms with Crippen LogP contribution in [-0.2, 0) is 11.4 Å². The molecule has 0 spiro atoms. The lowest BCUT2D eigenvalue weighted by molar-refractivity contribution is -0.120. The standard InChI is InChI=1S/C21H27ClN2O2/c1-16(2)11-13-24-21(25)12-14-23-19-7-9-20(10-8-19)26-15-17-3-5-18(22)6-4-17/h3-10,16,23H,11-15H2,1-2H3,(H,24,25). The van der Waals surface area contributed by atoms with E-state index in [1.807, 2.05) is 48.5 Å². The number of ether oxygens (including phenoxy) is 1.